The van der Waals surface area contributed by atoms with Gasteiger partial charge in [0.05, 0.1) is 26.3 Å². The molecule has 0 saturated carbocycles. The number of nitrogens with zero attached hydrogens (tertiary/aromatic N) is 2. The van der Waals surface area contributed by atoms with Crippen molar-refractivity contribution in [3.63, 3.8) is 0 Å². The second-order valence-corrected chi connectivity index (χ2v) is 4.07. The third-order valence-corrected chi connectivity index (χ3v) is 2.17. The van der Waals surface area contributed by atoms with Gasteiger partial charge in [0.15, 0.2) is 0 Å². The average Bonchev–Trinajstić information content (AvgIpc) is 2.45. The van der Waals surface area contributed by atoms with Gasteiger partial charge in [0.25, 0.3) is 0 Å². The van der Waals surface area contributed by atoms with E-state index in [1.165, 1.54) is 19.0 Å². The Morgan fingerprint density at radius 3 is 2.05 bits per heavy atom. The van der Waals surface area contributed by atoms with Crippen LogP contribution >= 0.6 is 0 Å². The van der Waals surface area contributed by atoms with Gasteiger partial charge in [-0.3, -0.25) is 0 Å². The number of carbonyl (C=O) groups is 3. The molecule has 0 rings (SSSR count). The van der Waals surface area contributed by atoms with Gasteiger partial charge in [-0.2, -0.15) is 0 Å². The number of rotatable bonds is 7. The summed E-state index contributed by atoms with van der Waals surface area (Å²) < 4.78 is 4.79. The molecule has 10 nitrogen and oxygen atoms in total. The fourth-order valence-corrected chi connectivity index (χ4v) is 1.17. The van der Waals surface area contributed by atoms with Crippen molar-refractivity contribution in [3.05, 3.63) is 0 Å². The first kappa shape index (κ1) is 18.9. The van der Waals surface area contributed by atoms with Crippen molar-refractivity contribution in [2.75, 3.05) is 53.6 Å². The zero-order valence-corrected chi connectivity index (χ0v) is 12.2. The smallest absolute Gasteiger partial charge is 0.409 e. The third kappa shape index (κ3) is 7.95. The van der Waals surface area contributed by atoms with Crippen LogP contribution in [0.25, 0.3) is 0 Å². The van der Waals surface area contributed by atoms with Crippen LogP contribution in [-0.2, 0) is 4.74 Å². The Kier molecular flexibility index (Phi) is 9.63. The van der Waals surface area contributed by atoms with Gasteiger partial charge in [0.1, 0.15) is 6.61 Å². The number of urea groups is 2. The molecule has 10 heteroatoms. The molecule has 0 unspecified atom stereocenters. The second-order valence-electron chi connectivity index (χ2n) is 4.07. The lowest BCUT2D eigenvalue weighted by Crippen LogP contribution is -2.50. The first-order valence-corrected chi connectivity index (χ1v) is 6.33. The normalized spacial score (nSPS) is 9.71. The Labute approximate surface area is 122 Å². The fourth-order valence-electron chi connectivity index (χ4n) is 1.17. The maximum atomic E-state index is 11.7. The summed E-state index contributed by atoms with van der Waals surface area (Å²) in [6, 6.07) is -1.47. The van der Waals surface area contributed by atoms with Gasteiger partial charge < -0.3 is 30.5 Å². The molecule has 0 aromatic rings. The predicted octanol–water partition coefficient (Wildman–Crippen LogP) is -1.61. The van der Waals surface area contributed by atoms with Gasteiger partial charge in [-0.05, 0) is 0 Å². The highest BCUT2D eigenvalue weighted by atomic mass is 16.6. The SMILES string of the molecule is CN(C)C(=O)OCCNC(=O)N(CCO)C(=O)NCCO. The second kappa shape index (κ2) is 10.7. The van der Waals surface area contributed by atoms with Crippen LogP contribution in [0, 0.1) is 0 Å². The van der Waals surface area contributed by atoms with E-state index in [9.17, 15) is 14.4 Å². The van der Waals surface area contributed by atoms with Crippen LogP contribution in [-0.4, -0.2) is 91.7 Å². The van der Waals surface area contributed by atoms with Crippen LogP contribution in [0.5, 0.6) is 0 Å². The van der Waals surface area contributed by atoms with E-state index in [-0.39, 0.29) is 32.8 Å². The van der Waals surface area contributed by atoms with Gasteiger partial charge in [0, 0.05) is 20.6 Å². The molecule has 0 aromatic heterocycles. The number of aliphatic hydroxyl groups excluding tert-OH is 2. The Hall–Kier alpha value is -2.07. The van der Waals surface area contributed by atoms with Crippen molar-refractivity contribution in [1.29, 1.82) is 0 Å². The van der Waals surface area contributed by atoms with E-state index in [0.717, 1.165) is 4.90 Å². The summed E-state index contributed by atoms with van der Waals surface area (Å²) in [4.78, 5) is 36.5. The van der Waals surface area contributed by atoms with Crippen molar-refractivity contribution in [2.45, 2.75) is 0 Å². The Morgan fingerprint density at radius 1 is 1.00 bits per heavy atom. The summed E-state index contributed by atoms with van der Waals surface area (Å²) in [5.41, 5.74) is 0. The highest BCUT2D eigenvalue weighted by Gasteiger charge is 2.20. The molecule has 0 bridgehead atoms. The molecular weight excluding hydrogens is 284 g/mol. The minimum atomic E-state index is -0.736. The van der Waals surface area contributed by atoms with E-state index in [1.807, 2.05) is 0 Å². The van der Waals surface area contributed by atoms with Gasteiger partial charge in [-0.15, -0.1) is 0 Å². The lowest BCUT2D eigenvalue weighted by Gasteiger charge is -2.20. The highest BCUT2D eigenvalue weighted by Crippen LogP contribution is 1.91. The number of amides is 5. The van der Waals surface area contributed by atoms with E-state index >= 15 is 0 Å². The number of imide groups is 1. The number of aliphatic hydroxyl groups is 2. The predicted molar refractivity (Wildman–Crippen MR) is 72.7 cm³/mol. The van der Waals surface area contributed by atoms with Crippen LogP contribution in [0.2, 0.25) is 0 Å². The monoisotopic (exact) mass is 306 g/mol. The number of carbonyl (C=O) groups excluding carboxylic acids is 3. The Balaban J connectivity index is 4.17. The van der Waals surface area contributed by atoms with Crippen molar-refractivity contribution in [2.24, 2.45) is 0 Å². The van der Waals surface area contributed by atoms with E-state index in [0.29, 0.717) is 0 Å². The number of hydrogen-bond donors (Lipinski definition) is 4. The minimum Gasteiger partial charge on any atom is -0.448 e. The fraction of sp³-hybridized carbons (Fsp3) is 0.727. The molecule has 0 fully saturated rings. The van der Waals surface area contributed by atoms with Crippen molar-refractivity contribution in [3.8, 4) is 0 Å². The maximum absolute atomic E-state index is 11.7. The van der Waals surface area contributed by atoms with Crippen LogP contribution < -0.4 is 10.6 Å². The molecule has 0 atom stereocenters. The van der Waals surface area contributed by atoms with Crippen molar-refractivity contribution in [1.82, 2.24) is 20.4 Å². The van der Waals surface area contributed by atoms with Crippen LogP contribution in [0.15, 0.2) is 0 Å². The molecule has 122 valence electrons. The number of nitrogens with one attached hydrogen (secondary N) is 2. The lowest BCUT2D eigenvalue weighted by molar-refractivity contribution is 0.118. The largest absolute Gasteiger partial charge is 0.448 e. The Morgan fingerprint density at radius 2 is 1.57 bits per heavy atom. The van der Waals surface area contributed by atoms with E-state index < -0.39 is 24.8 Å². The zero-order chi connectivity index (χ0) is 16.3. The molecule has 0 aliphatic rings. The van der Waals surface area contributed by atoms with Gasteiger partial charge in [-0.1, -0.05) is 0 Å². The summed E-state index contributed by atoms with van der Waals surface area (Å²) in [6.45, 7) is -0.882. The third-order valence-electron chi connectivity index (χ3n) is 2.17. The molecule has 0 spiro atoms. The first-order valence-electron chi connectivity index (χ1n) is 6.33. The lowest BCUT2D eigenvalue weighted by atomic mass is 10.5. The summed E-state index contributed by atoms with van der Waals surface area (Å²) in [5, 5.41) is 22.1. The molecule has 0 saturated heterocycles. The van der Waals surface area contributed by atoms with Crippen LogP contribution in [0.3, 0.4) is 0 Å². The number of hydrogen-bond acceptors (Lipinski definition) is 6. The quantitative estimate of drug-likeness (QED) is 0.418. The van der Waals surface area contributed by atoms with E-state index in [2.05, 4.69) is 10.6 Å². The summed E-state index contributed by atoms with van der Waals surface area (Å²) >= 11 is 0. The molecule has 5 amide bonds. The van der Waals surface area contributed by atoms with E-state index in [1.54, 1.807) is 0 Å². The Bertz CT molecular complexity index is 350. The first-order chi connectivity index (χ1) is 9.93. The standard InChI is InChI=1S/C11H22N4O6/c1-14(2)11(20)21-8-4-13-10(19)15(5-7-17)9(18)12-3-6-16/h16-17H,3-8H2,1-2H3,(H,12,18)(H,13,19). The number of ether oxygens (including phenoxy) is 1. The maximum Gasteiger partial charge on any atom is 0.409 e. The molecule has 0 aromatic carbocycles. The molecule has 0 radical (unpaired) electrons. The minimum absolute atomic E-state index is 0.00547. The molecule has 0 aliphatic heterocycles. The van der Waals surface area contributed by atoms with Crippen molar-refractivity contribution < 1.29 is 29.3 Å². The molecule has 0 heterocycles. The molecule has 4 N–H and O–H groups in total. The molecule has 21 heavy (non-hydrogen) atoms. The molecule has 0 aliphatic carbocycles. The topological polar surface area (TPSA) is 131 Å². The van der Waals surface area contributed by atoms with Gasteiger partial charge in [0.2, 0.25) is 0 Å². The van der Waals surface area contributed by atoms with Crippen LogP contribution in [0.1, 0.15) is 0 Å². The van der Waals surface area contributed by atoms with E-state index in [4.69, 9.17) is 14.9 Å². The summed E-state index contributed by atoms with van der Waals surface area (Å²) in [5.74, 6) is 0. The van der Waals surface area contributed by atoms with Gasteiger partial charge >= 0.3 is 18.2 Å². The summed E-state index contributed by atoms with van der Waals surface area (Å²) in [7, 11) is 3.05. The zero-order valence-electron chi connectivity index (χ0n) is 12.2. The highest BCUT2D eigenvalue weighted by molar-refractivity contribution is 5.93. The van der Waals surface area contributed by atoms with Gasteiger partial charge in [-0.25, -0.2) is 19.3 Å². The van der Waals surface area contributed by atoms with Crippen LogP contribution in [0.4, 0.5) is 14.4 Å². The summed E-state index contributed by atoms with van der Waals surface area (Å²) in [6.07, 6.45) is -0.544. The van der Waals surface area contributed by atoms with Crippen molar-refractivity contribution >= 4 is 18.2 Å². The molecular formula is C11H22N4O6. The average molecular weight is 306 g/mol.